The third-order valence-corrected chi connectivity index (χ3v) is 4.44. The van der Waals surface area contributed by atoms with Gasteiger partial charge in [-0.3, -0.25) is 4.79 Å². The van der Waals surface area contributed by atoms with Gasteiger partial charge in [-0.25, -0.2) is 0 Å². The molecule has 0 aliphatic carbocycles. The first-order valence-corrected chi connectivity index (χ1v) is 7.32. The molecule has 114 valence electrons. The summed E-state index contributed by atoms with van der Waals surface area (Å²) in [6.07, 6.45) is 0. The van der Waals surface area contributed by atoms with Crippen LogP contribution in [0, 0.1) is 19.8 Å². The summed E-state index contributed by atoms with van der Waals surface area (Å²) in [6, 6.07) is 5.70. The van der Waals surface area contributed by atoms with Gasteiger partial charge in [0.15, 0.2) is 0 Å². The van der Waals surface area contributed by atoms with Crippen molar-refractivity contribution in [1.82, 2.24) is 10.3 Å². The Labute approximate surface area is 125 Å². The Kier molecular flexibility index (Phi) is 4.10. The monoisotopic (exact) mass is 288 g/mol. The van der Waals surface area contributed by atoms with Gasteiger partial charge in [0.05, 0.1) is 16.7 Å². The van der Waals surface area contributed by atoms with E-state index in [9.17, 15) is 9.90 Å². The molecule has 4 heteroatoms. The van der Waals surface area contributed by atoms with E-state index in [0.717, 1.165) is 22.2 Å². The summed E-state index contributed by atoms with van der Waals surface area (Å²) in [7, 11) is 0. The first kappa shape index (κ1) is 15.6. The molecule has 0 aliphatic heterocycles. The molecule has 1 atom stereocenters. The third-order valence-electron chi connectivity index (χ3n) is 4.44. The van der Waals surface area contributed by atoms with Crippen molar-refractivity contribution in [3.8, 4) is 0 Å². The highest BCUT2D eigenvalue weighted by Gasteiger charge is 2.26. The first-order valence-electron chi connectivity index (χ1n) is 7.32. The first-order chi connectivity index (χ1) is 9.74. The van der Waals surface area contributed by atoms with Crippen LogP contribution >= 0.6 is 0 Å². The summed E-state index contributed by atoms with van der Waals surface area (Å²) in [5.74, 6) is -0.0913. The molecular weight excluding hydrogens is 264 g/mol. The average Bonchev–Trinajstić information content (AvgIpc) is 2.72. The Bertz CT molecular complexity index is 669. The lowest BCUT2D eigenvalue weighted by molar-refractivity contribution is 0.0142. The lowest BCUT2D eigenvalue weighted by Gasteiger charge is -2.27. The molecule has 0 saturated carbocycles. The second-order valence-corrected chi connectivity index (χ2v) is 6.30. The molecule has 0 spiro atoms. The van der Waals surface area contributed by atoms with E-state index in [1.807, 2.05) is 39.8 Å². The Hall–Kier alpha value is -1.81. The van der Waals surface area contributed by atoms with Crippen molar-refractivity contribution in [2.45, 2.75) is 40.2 Å². The third kappa shape index (κ3) is 2.95. The number of aromatic nitrogens is 1. The number of rotatable bonds is 4. The zero-order valence-corrected chi connectivity index (χ0v) is 13.4. The number of fused-ring (bicyclic) bond motifs is 1. The Morgan fingerprint density at radius 2 is 2.05 bits per heavy atom. The van der Waals surface area contributed by atoms with Gasteiger partial charge in [-0.2, -0.15) is 0 Å². The van der Waals surface area contributed by atoms with E-state index in [4.69, 9.17) is 0 Å². The van der Waals surface area contributed by atoms with E-state index >= 15 is 0 Å². The minimum absolute atomic E-state index is 0.0727. The van der Waals surface area contributed by atoms with Gasteiger partial charge in [-0.1, -0.05) is 26.0 Å². The smallest absolute Gasteiger partial charge is 0.253 e. The second-order valence-electron chi connectivity index (χ2n) is 6.30. The fourth-order valence-corrected chi connectivity index (χ4v) is 2.23. The molecule has 21 heavy (non-hydrogen) atoms. The number of nitrogens with one attached hydrogen (secondary N) is 2. The number of carbonyl (C=O) groups excluding carboxylic acids is 1. The minimum atomic E-state index is -0.912. The molecule has 2 rings (SSSR count). The van der Waals surface area contributed by atoms with Crippen molar-refractivity contribution in [3.05, 3.63) is 35.0 Å². The normalized spacial score (nSPS) is 14.4. The number of aliphatic hydroxyl groups is 1. The number of hydrogen-bond donors (Lipinski definition) is 3. The molecule has 1 amide bonds. The van der Waals surface area contributed by atoms with E-state index < -0.39 is 5.60 Å². The quantitative estimate of drug-likeness (QED) is 0.810. The van der Waals surface area contributed by atoms with Crippen molar-refractivity contribution >= 4 is 16.8 Å². The van der Waals surface area contributed by atoms with Gasteiger partial charge in [0.25, 0.3) is 5.91 Å². The predicted octanol–water partition coefficient (Wildman–Crippen LogP) is 2.92. The topological polar surface area (TPSA) is 65.1 Å². The van der Waals surface area contributed by atoms with E-state index in [2.05, 4.69) is 10.3 Å². The van der Waals surface area contributed by atoms with Crippen LogP contribution in [0.5, 0.6) is 0 Å². The molecule has 1 unspecified atom stereocenters. The number of benzene rings is 1. The van der Waals surface area contributed by atoms with Crippen LogP contribution in [-0.2, 0) is 0 Å². The zero-order valence-electron chi connectivity index (χ0n) is 13.4. The number of para-hydroxylation sites is 1. The maximum Gasteiger partial charge on any atom is 0.253 e. The predicted molar refractivity (Wildman–Crippen MR) is 85.6 cm³/mol. The standard InChI is InChI=1S/C17H24N2O2/c1-10(2)17(5,21)9-18-16(20)14-8-6-7-13-11(3)12(4)19-15(13)14/h6-8,10,19,21H,9H2,1-5H3,(H,18,20). The number of hydrogen-bond acceptors (Lipinski definition) is 2. The lowest BCUT2D eigenvalue weighted by atomic mass is 9.92. The molecule has 4 nitrogen and oxygen atoms in total. The van der Waals surface area contributed by atoms with Crippen molar-refractivity contribution in [1.29, 1.82) is 0 Å². The fourth-order valence-electron chi connectivity index (χ4n) is 2.23. The summed E-state index contributed by atoms with van der Waals surface area (Å²) >= 11 is 0. The van der Waals surface area contributed by atoms with E-state index in [-0.39, 0.29) is 18.4 Å². The molecule has 2 aromatic rings. The van der Waals surface area contributed by atoms with Crippen LogP contribution in [0.15, 0.2) is 18.2 Å². The number of carbonyl (C=O) groups is 1. The van der Waals surface area contributed by atoms with Gasteiger partial charge in [0.2, 0.25) is 0 Å². The highest BCUT2D eigenvalue weighted by Crippen LogP contribution is 2.24. The van der Waals surface area contributed by atoms with Crippen LogP contribution in [0.2, 0.25) is 0 Å². The molecule has 3 N–H and O–H groups in total. The van der Waals surface area contributed by atoms with E-state index in [0.29, 0.717) is 5.56 Å². The van der Waals surface area contributed by atoms with Crippen LogP contribution in [0.3, 0.4) is 0 Å². The Morgan fingerprint density at radius 1 is 1.38 bits per heavy atom. The highest BCUT2D eigenvalue weighted by atomic mass is 16.3. The number of aryl methyl sites for hydroxylation is 2. The Morgan fingerprint density at radius 3 is 2.67 bits per heavy atom. The number of H-pyrrole nitrogens is 1. The van der Waals surface area contributed by atoms with E-state index in [1.54, 1.807) is 13.0 Å². The van der Waals surface area contributed by atoms with Crippen LogP contribution in [0.25, 0.3) is 10.9 Å². The van der Waals surface area contributed by atoms with Gasteiger partial charge in [-0.15, -0.1) is 0 Å². The summed E-state index contributed by atoms with van der Waals surface area (Å²) in [6.45, 7) is 9.88. The molecule has 0 radical (unpaired) electrons. The van der Waals surface area contributed by atoms with E-state index in [1.165, 1.54) is 0 Å². The minimum Gasteiger partial charge on any atom is -0.388 e. The number of amides is 1. The molecule has 1 aromatic heterocycles. The molecule has 1 aromatic carbocycles. The fraction of sp³-hybridized carbons (Fsp3) is 0.471. The van der Waals surface area contributed by atoms with Crippen LogP contribution in [-0.4, -0.2) is 28.1 Å². The van der Waals surface area contributed by atoms with Gasteiger partial charge in [-0.05, 0) is 38.3 Å². The molecular formula is C17H24N2O2. The number of aromatic amines is 1. The molecule has 0 saturated heterocycles. The summed E-state index contributed by atoms with van der Waals surface area (Å²) in [5.41, 5.74) is 2.79. The van der Waals surface area contributed by atoms with Gasteiger partial charge in [0.1, 0.15) is 0 Å². The molecule has 1 heterocycles. The SMILES string of the molecule is Cc1[nH]c2c(C(=O)NCC(C)(O)C(C)C)cccc2c1C. The molecule has 0 aliphatic rings. The summed E-state index contributed by atoms with van der Waals surface area (Å²) in [5, 5.41) is 14.1. The maximum atomic E-state index is 12.4. The second kappa shape index (κ2) is 5.53. The van der Waals surface area contributed by atoms with Gasteiger partial charge < -0.3 is 15.4 Å². The zero-order chi connectivity index (χ0) is 15.8. The molecule has 0 fully saturated rings. The van der Waals surface area contributed by atoms with Gasteiger partial charge >= 0.3 is 0 Å². The van der Waals surface area contributed by atoms with Crippen molar-refractivity contribution < 1.29 is 9.90 Å². The van der Waals surface area contributed by atoms with Crippen molar-refractivity contribution in [2.24, 2.45) is 5.92 Å². The lowest BCUT2D eigenvalue weighted by Crippen LogP contribution is -2.44. The largest absolute Gasteiger partial charge is 0.388 e. The van der Waals surface area contributed by atoms with Crippen molar-refractivity contribution in [2.75, 3.05) is 6.54 Å². The molecule has 0 bridgehead atoms. The Balaban J connectivity index is 2.26. The maximum absolute atomic E-state index is 12.4. The van der Waals surface area contributed by atoms with Crippen molar-refractivity contribution in [3.63, 3.8) is 0 Å². The summed E-state index contributed by atoms with van der Waals surface area (Å²) < 4.78 is 0. The van der Waals surface area contributed by atoms with Gasteiger partial charge in [0, 0.05) is 17.6 Å². The van der Waals surface area contributed by atoms with Crippen LogP contribution < -0.4 is 5.32 Å². The average molecular weight is 288 g/mol. The van der Waals surface area contributed by atoms with Crippen LogP contribution in [0.4, 0.5) is 0 Å². The summed E-state index contributed by atoms with van der Waals surface area (Å²) in [4.78, 5) is 15.7. The highest BCUT2D eigenvalue weighted by molar-refractivity contribution is 6.06. The van der Waals surface area contributed by atoms with Crippen LogP contribution in [0.1, 0.15) is 42.4 Å².